The van der Waals surface area contributed by atoms with Gasteiger partial charge in [-0.25, -0.2) is 9.97 Å². The molecule has 1 aliphatic rings. The Kier molecular flexibility index (Phi) is 4.36. The van der Waals surface area contributed by atoms with Gasteiger partial charge >= 0.3 is 0 Å². The second-order valence-electron chi connectivity index (χ2n) is 11.5. The number of aromatic nitrogens is 3. The lowest BCUT2D eigenvalue weighted by atomic mass is 9.82. The first-order valence-electron chi connectivity index (χ1n) is 14.0. The normalized spacial score (nSPS) is 13.8. The van der Waals surface area contributed by atoms with Gasteiger partial charge in [-0.3, -0.25) is 4.57 Å². The van der Waals surface area contributed by atoms with Gasteiger partial charge in [-0.1, -0.05) is 98.8 Å². The lowest BCUT2D eigenvalue weighted by Crippen LogP contribution is -2.14. The van der Waals surface area contributed by atoms with Crippen molar-refractivity contribution in [3.05, 3.63) is 126 Å². The zero-order valence-electron chi connectivity index (χ0n) is 22.7. The first kappa shape index (κ1) is 22.6. The zero-order chi connectivity index (χ0) is 27.3. The maximum atomic E-state index is 6.53. The van der Waals surface area contributed by atoms with Crippen molar-refractivity contribution in [3.63, 3.8) is 0 Å². The standard InChI is InChI=1S/C37H25N3O/c1-37(2)28-17-9-6-14-23(28)26-21-31-27(20-29(26)37)24-15-7-10-18-30(24)40(31)36-34-33(25-16-8-11-19-32(25)41-34)38-35(39-36)22-12-4-3-5-13-22/h3-21H,1-2H3. The Hall–Kier alpha value is -5.22. The van der Waals surface area contributed by atoms with E-state index >= 15 is 0 Å². The molecule has 194 valence electrons. The molecule has 5 aromatic carbocycles. The van der Waals surface area contributed by atoms with Crippen molar-refractivity contribution in [1.29, 1.82) is 0 Å². The summed E-state index contributed by atoms with van der Waals surface area (Å²) in [5.74, 6) is 1.43. The topological polar surface area (TPSA) is 43.9 Å². The molecule has 0 bridgehead atoms. The van der Waals surface area contributed by atoms with Crippen LogP contribution in [0.2, 0.25) is 0 Å². The number of furan rings is 1. The van der Waals surface area contributed by atoms with E-state index in [4.69, 9.17) is 14.4 Å². The number of para-hydroxylation sites is 2. The molecule has 1 aliphatic carbocycles. The van der Waals surface area contributed by atoms with Crippen molar-refractivity contribution in [1.82, 2.24) is 14.5 Å². The molecule has 8 aromatic rings. The van der Waals surface area contributed by atoms with Gasteiger partial charge in [-0.05, 0) is 52.6 Å². The molecule has 0 saturated heterocycles. The van der Waals surface area contributed by atoms with E-state index in [0.717, 1.165) is 38.9 Å². The smallest absolute Gasteiger partial charge is 0.197 e. The summed E-state index contributed by atoms with van der Waals surface area (Å²) >= 11 is 0. The average Bonchev–Trinajstić information content (AvgIpc) is 3.62. The van der Waals surface area contributed by atoms with Crippen LogP contribution in [0.5, 0.6) is 0 Å². The minimum Gasteiger partial charge on any atom is -0.450 e. The van der Waals surface area contributed by atoms with Crippen LogP contribution in [0.1, 0.15) is 25.0 Å². The van der Waals surface area contributed by atoms with Crippen LogP contribution in [-0.2, 0) is 5.41 Å². The number of fused-ring (bicyclic) bond motifs is 9. The molecule has 0 saturated carbocycles. The molecular weight excluding hydrogens is 502 g/mol. The molecule has 0 atom stereocenters. The summed E-state index contributed by atoms with van der Waals surface area (Å²) in [6.45, 7) is 4.66. The van der Waals surface area contributed by atoms with E-state index in [-0.39, 0.29) is 5.41 Å². The lowest BCUT2D eigenvalue weighted by molar-refractivity contribution is 0.661. The number of hydrogen-bond donors (Lipinski definition) is 0. The third-order valence-electron chi connectivity index (χ3n) is 8.82. The maximum absolute atomic E-state index is 6.53. The third kappa shape index (κ3) is 2.99. The van der Waals surface area contributed by atoms with Gasteiger partial charge in [-0.2, -0.15) is 0 Å². The number of hydrogen-bond acceptors (Lipinski definition) is 3. The summed E-state index contributed by atoms with van der Waals surface area (Å²) in [6.07, 6.45) is 0. The van der Waals surface area contributed by atoms with E-state index in [9.17, 15) is 0 Å². The van der Waals surface area contributed by atoms with Crippen LogP contribution in [0.4, 0.5) is 0 Å². The van der Waals surface area contributed by atoms with Gasteiger partial charge < -0.3 is 4.42 Å². The number of rotatable bonds is 2. The van der Waals surface area contributed by atoms with Gasteiger partial charge in [-0.15, -0.1) is 0 Å². The van der Waals surface area contributed by atoms with E-state index < -0.39 is 0 Å². The third-order valence-corrected chi connectivity index (χ3v) is 8.82. The maximum Gasteiger partial charge on any atom is 0.197 e. The molecule has 0 fully saturated rings. The van der Waals surface area contributed by atoms with Crippen molar-refractivity contribution in [2.75, 3.05) is 0 Å². The summed E-state index contributed by atoms with van der Waals surface area (Å²) in [5, 5.41) is 3.39. The van der Waals surface area contributed by atoms with Crippen LogP contribution < -0.4 is 0 Å². The van der Waals surface area contributed by atoms with Crippen LogP contribution >= 0.6 is 0 Å². The molecule has 0 radical (unpaired) electrons. The van der Waals surface area contributed by atoms with E-state index in [1.807, 2.05) is 36.4 Å². The van der Waals surface area contributed by atoms with Crippen molar-refractivity contribution < 1.29 is 4.42 Å². The Bertz CT molecular complexity index is 2340. The minimum absolute atomic E-state index is 0.0787. The predicted molar refractivity (Wildman–Crippen MR) is 167 cm³/mol. The quantitative estimate of drug-likeness (QED) is 0.225. The van der Waals surface area contributed by atoms with Crippen LogP contribution in [0.15, 0.2) is 120 Å². The van der Waals surface area contributed by atoms with Gasteiger partial charge in [0.05, 0.1) is 11.0 Å². The van der Waals surface area contributed by atoms with Crippen molar-refractivity contribution in [2.24, 2.45) is 0 Å². The first-order chi connectivity index (χ1) is 20.1. The van der Waals surface area contributed by atoms with E-state index in [0.29, 0.717) is 11.4 Å². The monoisotopic (exact) mass is 527 g/mol. The van der Waals surface area contributed by atoms with Gasteiger partial charge in [0.25, 0.3) is 0 Å². The molecule has 4 heteroatoms. The summed E-state index contributed by atoms with van der Waals surface area (Å²) in [5.41, 5.74) is 10.7. The Morgan fingerprint density at radius 1 is 0.610 bits per heavy atom. The molecule has 0 spiro atoms. The summed E-state index contributed by atoms with van der Waals surface area (Å²) in [6, 6.07) is 40.5. The minimum atomic E-state index is -0.0787. The molecule has 3 heterocycles. The van der Waals surface area contributed by atoms with Gasteiger partial charge in [0.2, 0.25) is 0 Å². The van der Waals surface area contributed by atoms with Crippen molar-refractivity contribution >= 4 is 43.9 Å². The van der Waals surface area contributed by atoms with Crippen LogP contribution in [0, 0.1) is 0 Å². The summed E-state index contributed by atoms with van der Waals surface area (Å²) in [4.78, 5) is 10.3. The fourth-order valence-corrected chi connectivity index (χ4v) is 6.84. The highest BCUT2D eigenvalue weighted by Crippen LogP contribution is 2.51. The van der Waals surface area contributed by atoms with Crippen molar-refractivity contribution in [2.45, 2.75) is 19.3 Å². The van der Waals surface area contributed by atoms with Gasteiger partial charge in [0.1, 0.15) is 11.1 Å². The van der Waals surface area contributed by atoms with Gasteiger partial charge in [0, 0.05) is 27.1 Å². The Morgan fingerprint density at radius 2 is 1.34 bits per heavy atom. The average molecular weight is 528 g/mol. The molecule has 4 nitrogen and oxygen atoms in total. The molecule has 0 aliphatic heterocycles. The summed E-state index contributed by atoms with van der Waals surface area (Å²) in [7, 11) is 0. The zero-order valence-corrected chi connectivity index (χ0v) is 22.7. The van der Waals surface area contributed by atoms with Crippen LogP contribution in [-0.4, -0.2) is 14.5 Å². The van der Waals surface area contributed by atoms with Gasteiger partial charge in [0.15, 0.2) is 17.2 Å². The Morgan fingerprint density at radius 3 is 2.22 bits per heavy atom. The number of benzene rings is 5. The van der Waals surface area contributed by atoms with Crippen LogP contribution in [0.25, 0.3) is 72.2 Å². The Labute approximate surface area is 236 Å². The molecule has 0 unspecified atom stereocenters. The fraction of sp³-hybridized carbons (Fsp3) is 0.0811. The molecular formula is C37H25N3O. The largest absolute Gasteiger partial charge is 0.450 e. The SMILES string of the molecule is CC1(C)c2ccccc2-c2cc3c(cc21)c1ccccc1n3-c1nc(-c2ccccc2)nc2c1oc1ccccc12. The fourth-order valence-electron chi connectivity index (χ4n) is 6.84. The molecule has 41 heavy (non-hydrogen) atoms. The molecule has 3 aromatic heterocycles. The van der Waals surface area contributed by atoms with Crippen LogP contribution in [0.3, 0.4) is 0 Å². The van der Waals surface area contributed by atoms with E-state index in [1.54, 1.807) is 0 Å². The number of nitrogens with zero attached hydrogens (tertiary/aromatic N) is 3. The first-order valence-corrected chi connectivity index (χ1v) is 14.0. The second kappa shape index (κ2) is 7.92. The highest BCUT2D eigenvalue weighted by Gasteiger charge is 2.36. The van der Waals surface area contributed by atoms with E-state index in [2.05, 4.69) is 97.3 Å². The molecule has 0 N–H and O–H groups in total. The summed E-state index contributed by atoms with van der Waals surface area (Å²) < 4.78 is 8.81. The molecule has 0 amide bonds. The highest BCUT2D eigenvalue weighted by atomic mass is 16.3. The highest BCUT2D eigenvalue weighted by molar-refractivity contribution is 6.13. The van der Waals surface area contributed by atoms with E-state index in [1.165, 1.54) is 33.0 Å². The van der Waals surface area contributed by atoms with Crippen molar-refractivity contribution in [3.8, 4) is 28.3 Å². The predicted octanol–water partition coefficient (Wildman–Crippen LogP) is 9.45. The Balaban J connectivity index is 1.45. The second-order valence-corrected chi connectivity index (χ2v) is 11.5. The molecule has 9 rings (SSSR count). The lowest BCUT2D eigenvalue weighted by Gasteiger charge is -2.21.